The third-order valence-electron chi connectivity index (χ3n) is 2.11. The van der Waals surface area contributed by atoms with E-state index >= 15 is 0 Å². The van der Waals surface area contributed by atoms with E-state index in [2.05, 4.69) is 10.3 Å². The van der Waals surface area contributed by atoms with Crippen molar-refractivity contribution in [2.24, 2.45) is 0 Å². The van der Waals surface area contributed by atoms with Crippen LogP contribution in [0.25, 0.3) is 0 Å². The molecular formula is C8H13N2O5P2S+. The molecule has 0 fully saturated rings. The first-order valence-electron chi connectivity index (χ1n) is 4.90. The summed E-state index contributed by atoms with van der Waals surface area (Å²) in [5.41, 5.74) is 0.562. The van der Waals surface area contributed by atoms with Gasteiger partial charge in [-0.1, -0.05) is 15.9 Å². The number of rotatable bonds is 6. The molecule has 2 atom stereocenters. The topological polar surface area (TPSA) is 117 Å². The summed E-state index contributed by atoms with van der Waals surface area (Å²) in [7, 11) is -5.50. The van der Waals surface area contributed by atoms with E-state index in [9.17, 15) is 13.9 Å². The predicted molar refractivity (Wildman–Crippen MR) is 70.2 cm³/mol. The second kappa shape index (κ2) is 5.99. The molecule has 0 aliphatic rings. The molecule has 0 amide bonds. The Morgan fingerprint density at radius 2 is 2.22 bits per heavy atom. The van der Waals surface area contributed by atoms with E-state index in [1.54, 1.807) is 6.92 Å². The zero-order chi connectivity index (χ0) is 13.9. The molecule has 1 aromatic heterocycles. The number of carbonyl (C=O) groups excluding carboxylic acids is 1. The van der Waals surface area contributed by atoms with Gasteiger partial charge in [0.1, 0.15) is 0 Å². The van der Waals surface area contributed by atoms with Gasteiger partial charge in [0.05, 0.1) is 17.1 Å². The summed E-state index contributed by atoms with van der Waals surface area (Å²) < 4.78 is 21.7. The zero-order valence-electron chi connectivity index (χ0n) is 9.71. The lowest BCUT2D eigenvalue weighted by molar-refractivity contribution is 0.102. The SMILES string of the molecule is CC(=O)c1sc(NCC([PH+]=O)P(=O)(O)O)nc1C. The van der Waals surface area contributed by atoms with Crippen LogP contribution in [0.2, 0.25) is 0 Å². The second-order valence-electron chi connectivity index (χ2n) is 3.59. The van der Waals surface area contributed by atoms with Crippen molar-refractivity contribution in [1.29, 1.82) is 0 Å². The van der Waals surface area contributed by atoms with Gasteiger partial charge in [-0.3, -0.25) is 9.36 Å². The van der Waals surface area contributed by atoms with Crippen molar-refractivity contribution in [2.45, 2.75) is 19.2 Å². The second-order valence-corrected chi connectivity index (χ2v) is 7.81. The summed E-state index contributed by atoms with van der Waals surface area (Å²) >= 11 is 1.11. The fourth-order valence-corrected chi connectivity index (χ4v) is 3.14. The third-order valence-corrected chi connectivity index (χ3v) is 6.12. The Hall–Kier alpha value is -0.650. The number of aromatic nitrogens is 1. The number of thiazole rings is 1. The largest absolute Gasteiger partial charge is 0.377 e. The molecule has 3 N–H and O–H groups in total. The van der Waals surface area contributed by atoms with Gasteiger partial charge in [-0.05, 0) is 6.92 Å². The van der Waals surface area contributed by atoms with Gasteiger partial charge in [0, 0.05) is 6.92 Å². The molecule has 18 heavy (non-hydrogen) atoms. The van der Waals surface area contributed by atoms with Crippen LogP contribution in [0, 0.1) is 6.92 Å². The molecular weight excluding hydrogens is 298 g/mol. The fourth-order valence-electron chi connectivity index (χ4n) is 1.21. The van der Waals surface area contributed by atoms with Crippen molar-refractivity contribution in [3.63, 3.8) is 0 Å². The molecule has 1 heterocycles. The number of aryl methyl sites for hydroxylation is 1. The van der Waals surface area contributed by atoms with Gasteiger partial charge in [0.25, 0.3) is 5.40 Å². The van der Waals surface area contributed by atoms with Crippen LogP contribution in [0.15, 0.2) is 0 Å². The molecule has 1 rings (SSSR count). The average molecular weight is 311 g/mol. The van der Waals surface area contributed by atoms with Crippen molar-refractivity contribution < 1.29 is 23.7 Å². The molecule has 0 aromatic carbocycles. The van der Waals surface area contributed by atoms with E-state index in [0.29, 0.717) is 15.7 Å². The molecule has 0 radical (unpaired) electrons. The molecule has 100 valence electrons. The lowest BCUT2D eigenvalue weighted by Crippen LogP contribution is -2.14. The van der Waals surface area contributed by atoms with Crippen LogP contribution in [-0.4, -0.2) is 32.5 Å². The normalized spacial score (nSPS) is 13.6. The van der Waals surface area contributed by atoms with Gasteiger partial charge < -0.3 is 15.1 Å². The quantitative estimate of drug-likeness (QED) is 0.539. The first-order valence-corrected chi connectivity index (χ1v) is 8.39. The van der Waals surface area contributed by atoms with E-state index in [1.165, 1.54) is 6.92 Å². The number of hydrogen-bond donors (Lipinski definition) is 3. The lowest BCUT2D eigenvalue weighted by atomic mass is 10.3. The molecule has 10 heteroatoms. The minimum atomic E-state index is -4.39. The maximum atomic E-state index is 11.2. The van der Waals surface area contributed by atoms with E-state index in [4.69, 9.17) is 9.79 Å². The molecule has 2 unspecified atom stereocenters. The highest BCUT2D eigenvalue weighted by atomic mass is 32.1. The molecule has 0 aliphatic heterocycles. The van der Waals surface area contributed by atoms with Crippen molar-refractivity contribution >= 4 is 38.3 Å². The minimum absolute atomic E-state index is 0.115. The zero-order valence-corrected chi connectivity index (χ0v) is 12.4. The van der Waals surface area contributed by atoms with E-state index in [-0.39, 0.29) is 12.3 Å². The Labute approximate surface area is 109 Å². The highest BCUT2D eigenvalue weighted by molar-refractivity contribution is 7.62. The van der Waals surface area contributed by atoms with Gasteiger partial charge >= 0.3 is 16.1 Å². The number of anilines is 1. The smallest absolute Gasteiger partial charge is 0.356 e. The van der Waals surface area contributed by atoms with E-state index in [0.717, 1.165) is 11.3 Å². The molecule has 0 saturated heterocycles. The summed E-state index contributed by atoms with van der Waals surface area (Å²) in [4.78, 5) is 33.6. The highest BCUT2D eigenvalue weighted by Crippen LogP contribution is 2.46. The van der Waals surface area contributed by atoms with Crippen LogP contribution >= 0.6 is 27.4 Å². The van der Waals surface area contributed by atoms with Gasteiger partial charge in [-0.25, -0.2) is 4.98 Å². The van der Waals surface area contributed by atoms with Gasteiger partial charge in [-0.15, -0.1) is 0 Å². The van der Waals surface area contributed by atoms with Crippen molar-refractivity contribution in [1.82, 2.24) is 4.98 Å². The summed E-state index contributed by atoms with van der Waals surface area (Å²) in [6.45, 7) is 2.94. The van der Waals surface area contributed by atoms with Crippen LogP contribution in [0.3, 0.4) is 0 Å². The number of hydrogen-bond acceptors (Lipinski definition) is 6. The Kier molecular flexibility index (Phi) is 5.13. The summed E-state index contributed by atoms with van der Waals surface area (Å²) in [6, 6.07) is 0. The van der Waals surface area contributed by atoms with Crippen molar-refractivity contribution in [2.75, 3.05) is 11.9 Å². The summed E-state index contributed by atoms with van der Waals surface area (Å²) in [5, 5.41) is 1.81. The highest BCUT2D eigenvalue weighted by Gasteiger charge is 2.36. The monoisotopic (exact) mass is 311 g/mol. The van der Waals surface area contributed by atoms with Gasteiger partial charge in [0.15, 0.2) is 10.9 Å². The summed E-state index contributed by atoms with van der Waals surface area (Å²) in [6.07, 6.45) is 0. The Morgan fingerprint density at radius 3 is 2.61 bits per heavy atom. The molecule has 1 aromatic rings. The predicted octanol–water partition coefficient (Wildman–Crippen LogP) is 1.59. The number of carbonyl (C=O) groups is 1. The first kappa shape index (κ1) is 15.4. The van der Waals surface area contributed by atoms with Crippen LogP contribution in [-0.2, 0) is 9.13 Å². The Morgan fingerprint density at radius 1 is 1.61 bits per heavy atom. The molecule has 0 saturated carbocycles. The lowest BCUT2D eigenvalue weighted by Gasteiger charge is -2.06. The minimum Gasteiger partial charge on any atom is -0.356 e. The molecule has 0 aliphatic carbocycles. The maximum absolute atomic E-state index is 11.2. The van der Waals surface area contributed by atoms with E-state index in [1.807, 2.05) is 0 Å². The van der Waals surface area contributed by atoms with Gasteiger partial charge in [-0.2, -0.15) is 0 Å². The van der Waals surface area contributed by atoms with Crippen LogP contribution in [0.5, 0.6) is 0 Å². The van der Waals surface area contributed by atoms with E-state index < -0.39 is 21.5 Å². The molecule has 0 bridgehead atoms. The molecule has 7 nitrogen and oxygen atoms in total. The Bertz CT molecular complexity index is 512. The first-order chi connectivity index (χ1) is 8.25. The van der Waals surface area contributed by atoms with Crippen LogP contribution in [0.4, 0.5) is 5.13 Å². The third kappa shape index (κ3) is 3.93. The number of nitrogens with one attached hydrogen (secondary N) is 1. The van der Waals surface area contributed by atoms with Crippen molar-refractivity contribution in [3.05, 3.63) is 10.6 Å². The van der Waals surface area contributed by atoms with Crippen LogP contribution < -0.4 is 5.32 Å². The van der Waals surface area contributed by atoms with Crippen LogP contribution in [0.1, 0.15) is 22.3 Å². The molecule has 0 spiro atoms. The Balaban J connectivity index is 2.75. The summed E-state index contributed by atoms with van der Waals surface area (Å²) in [5.74, 6) is -0.115. The fraction of sp³-hybridized carbons (Fsp3) is 0.500. The maximum Gasteiger partial charge on any atom is 0.377 e. The standard InChI is InChI=1S/C8H12N2O5P2S/c1-4-7(5(2)11)18-8(10-4)9-3-6(16-12)17(13,14)15/h6H,3H2,1-2H3,(H,9,10)(H2,13,14,15)/p+1. The van der Waals surface area contributed by atoms with Gasteiger partial charge in [0.2, 0.25) is 0 Å². The number of nitrogens with zero attached hydrogens (tertiary/aromatic N) is 1. The van der Waals surface area contributed by atoms with Crippen molar-refractivity contribution in [3.8, 4) is 0 Å². The number of Topliss-reactive ketones (excluding diaryl/α,β-unsaturated/α-hetero) is 1. The average Bonchev–Trinajstić information content (AvgIpc) is 2.58. The number of ketones is 1.